The number of hydrogen-bond acceptors (Lipinski definition) is 6. The van der Waals surface area contributed by atoms with Gasteiger partial charge in [-0.05, 0) is 32.9 Å². The molecular formula is C16H21N5O2. The quantitative estimate of drug-likeness (QED) is 0.892. The first-order valence-corrected chi connectivity index (χ1v) is 7.76. The fourth-order valence-corrected chi connectivity index (χ4v) is 2.68. The summed E-state index contributed by atoms with van der Waals surface area (Å²) < 4.78 is 5.08. The summed E-state index contributed by atoms with van der Waals surface area (Å²) in [4.78, 5) is 14.2. The minimum atomic E-state index is 0.00739. The zero-order chi connectivity index (χ0) is 16.4. The van der Waals surface area contributed by atoms with Crippen LogP contribution in [-0.4, -0.2) is 40.9 Å². The number of aromatic nitrogens is 3. The standard InChI is InChI=1S/C16H21N5O2/c1-10-4-5-15(19-18-10)21-8-13(9-21)7-17-16(22)6-14-11(2)20-23-12(14)3/h4-5,13H,6-9H2,1-3H3,(H,17,22). The van der Waals surface area contributed by atoms with E-state index in [9.17, 15) is 4.79 Å². The molecule has 1 saturated heterocycles. The van der Waals surface area contributed by atoms with Crippen molar-refractivity contribution in [3.8, 4) is 0 Å². The first-order chi connectivity index (χ1) is 11.0. The van der Waals surface area contributed by atoms with E-state index >= 15 is 0 Å². The number of anilines is 1. The first-order valence-electron chi connectivity index (χ1n) is 7.76. The van der Waals surface area contributed by atoms with Crippen LogP contribution in [0.1, 0.15) is 22.7 Å². The zero-order valence-electron chi connectivity index (χ0n) is 13.7. The Hall–Kier alpha value is -2.44. The highest BCUT2D eigenvalue weighted by atomic mass is 16.5. The molecule has 23 heavy (non-hydrogen) atoms. The van der Waals surface area contributed by atoms with Crippen molar-refractivity contribution in [1.82, 2.24) is 20.7 Å². The molecule has 0 spiro atoms. The number of hydrogen-bond donors (Lipinski definition) is 1. The van der Waals surface area contributed by atoms with Crippen molar-refractivity contribution in [2.45, 2.75) is 27.2 Å². The van der Waals surface area contributed by atoms with Crippen molar-refractivity contribution in [3.05, 3.63) is 34.8 Å². The average Bonchev–Trinajstić information content (AvgIpc) is 2.79. The number of nitrogens with zero attached hydrogens (tertiary/aromatic N) is 4. The van der Waals surface area contributed by atoms with Crippen LogP contribution in [0.15, 0.2) is 16.7 Å². The van der Waals surface area contributed by atoms with E-state index in [1.807, 2.05) is 32.9 Å². The smallest absolute Gasteiger partial charge is 0.224 e. The van der Waals surface area contributed by atoms with Crippen molar-refractivity contribution in [1.29, 1.82) is 0 Å². The summed E-state index contributed by atoms with van der Waals surface area (Å²) in [5.41, 5.74) is 2.58. The SMILES string of the molecule is Cc1ccc(N2CC(CNC(=O)Cc3c(C)noc3C)C2)nn1. The minimum Gasteiger partial charge on any atom is -0.361 e. The number of rotatable bonds is 5. The molecular weight excluding hydrogens is 294 g/mol. The van der Waals surface area contributed by atoms with Gasteiger partial charge in [0.15, 0.2) is 5.82 Å². The number of amides is 1. The van der Waals surface area contributed by atoms with Gasteiger partial charge in [0.05, 0.1) is 17.8 Å². The fourth-order valence-electron chi connectivity index (χ4n) is 2.68. The Kier molecular flexibility index (Phi) is 4.27. The summed E-state index contributed by atoms with van der Waals surface area (Å²) in [6.45, 7) is 8.06. The highest BCUT2D eigenvalue weighted by Crippen LogP contribution is 2.21. The Bertz CT molecular complexity index is 669. The Morgan fingerprint density at radius 3 is 2.70 bits per heavy atom. The molecule has 2 aromatic rings. The molecule has 2 aromatic heterocycles. The third-order valence-corrected chi connectivity index (χ3v) is 4.17. The maximum Gasteiger partial charge on any atom is 0.224 e. The molecule has 122 valence electrons. The Balaban J connectivity index is 1.42. The molecule has 7 heteroatoms. The van der Waals surface area contributed by atoms with Crippen LogP contribution >= 0.6 is 0 Å². The summed E-state index contributed by atoms with van der Waals surface area (Å²) >= 11 is 0. The molecule has 1 amide bonds. The maximum absolute atomic E-state index is 12.0. The van der Waals surface area contributed by atoms with Crippen molar-refractivity contribution >= 4 is 11.7 Å². The Morgan fingerprint density at radius 1 is 1.30 bits per heavy atom. The van der Waals surface area contributed by atoms with E-state index in [1.54, 1.807) is 0 Å². The van der Waals surface area contributed by atoms with E-state index in [1.165, 1.54) is 0 Å². The molecule has 0 aliphatic carbocycles. The van der Waals surface area contributed by atoms with E-state index in [0.29, 0.717) is 24.6 Å². The van der Waals surface area contributed by atoms with Crippen LogP contribution in [0.2, 0.25) is 0 Å². The molecule has 1 fully saturated rings. The van der Waals surface area contributed by atoms with E-state index in [-0.39, 0.29) is 5.91 Å². The molecule has 0 saturated carbocycles. The maximum atomic E-state index is 12.0. The lowest BCUT2D eigenvalue weighted by atomic mass is 10.00. The number of aryl methyl sites for hydroxylation is 3. The van der Waals surface area contributed by atoms with Crippen LogP contribution in [0, 0.1) is 26.7 Å². The van der Waals surface area contributed by atoms with Gasteiger partial charge in [0.1, 0.15) is 5.76 Å². The third-order valence-electron chi connectivity index (χ3n) is 4.17. The molecule has 3 heterocycles. The van der Waals surface area contributed by atoms with Crippen LogP contribution < -0.4 is 10.2 Å². The molecule has 1 aliphatic rings. The highest BCUT2D eigenvalue weighted by Gasteiger charge is 2.28. The molecule has 1 N–H and O–H groups in total. The van der Waals surface area contributed by atoms with Crippen molar-refractivity contribution in [2.75, 3.05) is 24.5 Å². The lowest BCUT2D eigenvalue weighted by Gasteiger charge is -2.39. The second kappa shape index (κ2) is 6.36. The Morgan fingerprint density at radius 2 is 2.09 bits per heavy atom. The molecule has 7 nitrogen and oxygen atoms in total. The largest absolute Gasteiger partial charge is 0.361 e. The second-order valence-electron chi connectivity index (χ2n) is 6.09. The minimum absolute atomic E-state index is 0.00739. The fraction of sp³-hybridized carbons (Fsp3) is 0.500. The van der Waals surface area contributed by atoms with Crippen LogP contribution in [0.4, 0.5) is 5.82 Å². The molecule has 0 atom stereocenters. The predicted molar refractivity (Wildman–Crippen MR) is 85.2 cm³/mol. The Labute approximate surface area is 135 Å². The van der Waals surface area contributed by atoms with Crippen LogP contribution in [-0.2, 0) is 11.2 Å². The molecule has 0 radical (unpaired) electrons. The lowest BCUT2D eigenvalue weighted by molar-refractivity contribution is -0.120. The number of carbonyl (C=O) groups is 1. The van der Waals surface area contributed by atoms with Crippen molar-refractivity contribution < 1.29 is 9.32 Å². The van der Waals surface area contributed by atoms with Gasteiger partial charge in [-0.25, -0.2) is 0 Å². The van der Waals surface area contributed by atoms with Gasteiger partial charge in [0, 0.05) is 31.1 Å². The van der Waals surface area contributed by atoms with Crippen molar-refractivity contribution in [2.24, 2.45) is 5.92 Å². The van der Waals surface area contributed by atoms with Gasteiger partial charge < -0.3 is 14.7 Å². The van der Waals surface area contributed by atoms with Gasteiger partial charge in [0.2, 0.25) is 5.91 Å². The van der Waals surface area contributed by atoms with Gasteiger partial charge >= 0.3 is 0 Å². The van der Waals surface area contributed by atoms with E-state index in [2.05, 4.69) is 25.6 Å². The van der Waals surface area contributed by atoms with Crippen LogP contribution in [0.5, 0.6) is 0 Å². The summed E-state index contributed by atoms with van der Waals surface area (Å²) in [5, 5.41) is 15.1. The predicted octanol–water partition coefficient (Wildman–Crippen LogP) is 1.18. The third kappa shape index (κ3) is 3.49. The van der Waals surface area contributed by atoms with Gasteiger partial charge in [-0.15, -0.1) is 5.10 Å². The monoisotopic (exact) mass is 315 g/mol. The normalized spacial score (nSPS) is 14.7. The summed E-state index contributed by atoms with van der Waals surface area (Å²) in [6, 6.07) is 3.94. The van der Waals surface area contributed by atoms with Gasteiger partial charge in [-0.3, -0.25) is 4.79 Å². The first kappa shape index (κ1) is 15.5. The molecule has 0 unspecified atom stereocenters. The number of carbonyl (C=O) groups excluding carboxylic acids is 1. The van der Waals surface area contributed by atoms with Crippen LogP contribution in [0.25, 0.3) is 0 Å². The topological polar surface area (TPSA) is 84.2 Å². The summed E-state index contributed by atoms with van der Waals surface area (Å²) in [6.07, 6.45) is 0.320. The molecule has 0 bridgehead atoms. The number of nitrogens with one attached hydrogen (secondary N) is 1. The van der Waals surface area contributed by atoms with Gasteiger partial charge in [0.25, 0.3) is 0 Å². The molecule has 0 aromatic carbocycles. The van der Waals surface area contributed by atoms with Gasteiger partial charge in [-0.2, -0.15) is 5.10 Å². The van der Waals surface area contributed by atoms with Gasteiger partial charge in [-0.1, -0.05) is 5.16 Å². The highest BCUT2D eigenvalue weighted by molar-refractivity contribution is 5.79. The summed E-state index contributed by atoms with van der Waals surface area (Å²) in [7, 11) is 0. The zero-order valence-corrected chi connectivity index (χ0v) is 13.7. The average molecular weight is 315 g/mol. The molecule has 3 rings (SSSR count). The lowest BCUT2D eigenvalue weighted by Crippen LogP contribution is -2.52. The molecule has 1 aliphatic heterocycles. The second-order valence-corrected chi connectivity index (χ2v) is 6.09. The van der Waals surface area contributed by atoms with E-state index < -0.39 is 0 Å². The summed E-state index contributed by atoms with van der Waals surface area (Å²) in [5.74, 6) is 2.07. The van der Waals surface area contributed by atoms with Crippen LogP contribution in [0.3, 0.4) is 0 Å². The van der Waals surface area contributed by atoms with E-state index in [4.69, 9.17) is 4.52 Å². The van der Waals surface area contributed by atoms with E-state index in [0.717, 1.165) is 35.9 Å². The van der Waals surface area contributed by atoms with Crippen molar-refractivity contribution in [3.63, 3.8) is 0 Å².